The Morgan fingerprint density at radius 1 is 1.26 bits per heavy atom. The van der Waals surface area contributed by atoms with Crippen LogP contribution in [0.1, 0.15) is 41.6 Å². The van der Waals surface area contributed by atoms with E-state index in [0.29, 0.717) is 43.0 Å². The molecule has 3 aliphatic rings. The molecule has 2 saturated heterocycles. The van der Waals surface area contributed by atoms with Gasteiger partial charge < -0.3 is 19.5 Å². The van der Waals surface area contributed by atoms with Gasteiger partial charge in [0, 0.05) is 44.8 Å². The molecular formula is C21H31N3O3. The Labute approximate surface area is 160 Å². The molecule has 4 rings (SSSR count). The molecular weight excluding hydrogens is 342 g/mol. The SMILES string of the molecule is COC1[C@@H]2CC[C@H]1CN(C(=O)c1c(C)ccn(CC3CCCNC3)c1=O)C2. The predicted octanol–water partition coefficient (Wildman–Crippen LogP) is 1.65. The van der Waals surface area contributed by atoms with Crippen molar-refractivity contribution in [2.24, 2.45) is 17.8 Å². The van der Waals surface area contributed by atoms with Crippen molar-refractivity contribution in [3.63, 3.8) is 0 Å². The van der Waals surface area contributed by atoms with E-state index in [2.05, 4.69) is 5.32 Å². The van der Waals surface area contributed by atoms with E-state index in [9.17, 15) is 9.59 Å². The molecule has 6 heteroatoms. The highest BCUT2D eigenvalue weighted by molar-refractivity contribution is 5.95. The lowest BCUT2D eigenvalue weighted by atomic mass is 9.94. The zero-order valence-corrected chi connectivity index (χ0v) is 16.4. The first kappa shape index (κ1) is 18.7. The summed E-state index contributed by atoms with van der Waals surface area (Å²) in [4.78, 5) is 28.3. The van der Waals surface area contributed by atoms with Crippen LogP contribution >= 0.6 is 0 Å². The molecule has 27 heavy (non-hydrogen) atoms. The monoisotopic (exact) mass is 373 g/mol. The lowest BCUT2D eigenvalue weighted by Crippen LogP contribution is -2.49. The minimum absolute atomic E-state index is 0.0972. The van der Waals surface area contributed by atoms with Crippen molar-refractivity contribution in [3.05, 3.63) is 33.7 Å². The fourth-order valence-corrected chi connectivity index (χ4v) is 5.31. The minimum atomic E-state index is -0.133. The van der Waals surface area contributed by atoms with Gasteiger partial charge in [-0.15, -0.1) is 0 Å². The lowest BCUT2D eigenvalue weighted by molar-refractivity contribution is -0.0114. The molecule has 1 amide bonds. The molecule has 4 atom stereocenters. The van der Waals surface area contributed by atoms with E-state index in [1.807, 2.05) is 24.1 Å². The van der Waals surface area contributed by atoms with Gasteiger partial charge in [-0.05, 0) is 63.2 Å². The number of carbonyl (C=O) groups excluding carboxylic acids is 1. The van der Waals surface area contributed by atoms with Crippen LogP contribution in [0.4, 0.5) is 0 Å². The highest BCUT2D eigenvalue weighted by Gasteiger charge is 2.44. The number of aromatic nitrogens is 1. The van der Waals surface area contributed by atoms with Gasteiger partial charge in [0.05, 0.1) is 6.10 Å². The number of nitrogens with zero attached hydrogens (tertiary/aromatic N) is 2. The molecule has 3 fully saturated rings. The van der Waals surface area contributed by atoms with Crippen LogP contribution in [0.25, 0.3) is 0 Å². The number of methoxy groups -OCH3 is 1. The lowest BCUT2D eigenvalue weighted by Gasteiger charge is -2.37. The number of ether oxygens (including phenoxy) is 1. The normalized spacial score (nSPS) is 30.5. The van der Waals surface area contributed by atoms with E-state index in [1.165, 1.54) is 0 Å². The summed E-state index contributed by atoms with van der Waals surface area (Å²) >= 11 is 0. The summed E-state index contributed by atoms with van der Waals surface area (Å²) in [6.45, 7) is 5.96. The summed E-state index contributed by atoms with van der Waals surface area (Å²) in [5.74, 6) is 1.16. The summed E-state index contributed by atoms with van der Waals surface area (Å²) in [5.41, 5.74) is 1.01. The summed E-state index contributed by atoms with van der Waals surface area (Å²) < 4.78 is 7.40. The van der Waals surface area contributed by atoms with Crippen LogP contribution in [-0.4, -0.2) is 54.8 Å². The van der Waals surface area contributed by atoms with E-state index in [1.54, 1.807) is 11.7 Å². The average molecular weight is 373 g/mol. The molecule has 2 bridgehead atoms. The molecule has 1 aliphatic carbocycles. The zero-order valence-electron chi connectivity index (χ0n) is 16.4. The average Bonchev–Trinajstić information content (AvgIpc) is 2.92. The highest BCUT2D eigenvalue weighted by atomic mass is 16.5. The zero-order chi connectivity index (χ0) is 19.0. The van der Waals surface area contributed by atoms with Crippen molar-refractivity contribution in [3.8, 4) is 0 Å². The maximum absolute atomic E-state index is 13.3. The fourth-order valence-electron chi connectivity index (χ4n) is 5.31. The third-order valence-corrected chi connectivity index (χ3v) is 6.75. The number of hydrogen-bond donors (Lipinski definition) is 1. The molecule has 3 heterocycles. The molecule has 1 N–H and O–H groups in total. The van der Waals surface area contributed by atoms with Crippen molar-refractivity contribution < 1.29 is 9.53 Å². The van der Waals surface area contributed by atoms with Crippen LogP contribution < -0.4 is 10.9 Å². The molecule has 2 unspecified atom stereocenters. The van der Waals surface area contributed by atoms with Gasteiger partial charge in [0.1, 0.15) is 5.56 Å². The molecule has 1 saturated carbocycles. The first-order valence-corrected chi connectivity index (χ1v) is 10.3. The van der Waals surface area contributed by atoms with E-state index in [-0.39, 0.29) is 17.6 Å². The molecule has 148 valence electrons. The largest absolute Gasteiger partial charge is 0.381 e. The first-order valence-electron chi connectivity index (χ1n) is 10.3. The standard InChI is InChI=1S/C21H31N3O3/c1-14-7-9-23(11-15-4-3-8-22-10-15)20(25)18(14)21(26)24-12-16-5-6-17(13-24)19(16)27-2/h7,9,15-17,19,22H,3-6,8,10-13H2,1-2H3/t15?,16-,17+,19?. The molecule has 0 spiro atoms. The van der Waals surface area contributed by atoms with E-state index in [0.717, 1.165) is 44.3 Å². The van der Waals surface area contributed by atoms with Gasteiger partial charge in [-0.2, -0.15) is 0 Å². The van der Waals surface area contributed by atoms with Crippen LogP contribution in [-0.2, 0) is 11.3 Å². The number of rotatable bonds is 4. The smallest absolute Gasteiger partial charge is 0.263 e. The van der Waals surface area contributed by atoms with Crippen molar-refractivity contribution in [2.75, 3.05) is 33.3 Å². The van der Waals surface area contributed by atoms with E-state index in [4.69, 9.17) is 4.74 Å². The third kappa shape index (κ3) is 3.57. The first-order chi connectivity index (χ1) is 13.1. The quantitative estimate of drug-likeness (QED) is 0.872. The van der Waals surface area contributed by atoms with Crippen LogP contribution in [0.2, 0.25) is 0 Å². The number of hydrogen-bond acceptors (Lipinski definition) is 4. The molecule has 1 aromatic heterocycles. The van der Waals surface area contributed by atoms with Crippen LogP contribution in [0, 0.1) is 24.7 Å². The summed E-state index contributed by atoms with van der Waals surface area (Å²) in [5, 5.41) is 3.40. The fraction of sp³-hybridized carbons (Fsp3) is 0.714. The number of likely N-dealkylation sites (tertiary alicyclic amines) is 1. The van der Waals surface area contributed by atoms with Gasteiger partial charge in [0.15, 0.2) is 0 Å². The maximum Gasteiger partial charge on any atom is 0.263 e. The van der Waals surface area contributed by atoms with Gasteiger partial charge in [-0.1, -0.05) is 0 Å². The van der Waals surface area contributed by atoms with Crippen LogP contribution in [0.3, 0.4) is 0 Å². The van der Waals surface area contributed by atoms with E-state index < -0.39 is 0 Å². The molecule has 0 aromatic carbocycles. The maximum atomic E-state index is 13.3. The Morgan fingerprint density at radius 2 is 2.00 bits per heavy atom. The second-order valence-corrected chi connectivity index (χ2v) is 8.55. The van der Waals surface area contributed by atoms with Crippen molar-refractivity contribution >= 4 is 5.91 Å². The van der Waals surface area contributed by atoms with E-state index >= 15 is 0 Å². The van der Waals surface area contributed by atoms with Crippen molar-refractivity contribution in [1.29, 1.82) is 0 Å². The second-order valence-electron chi connectivity index (χ2n) is 8.55. The number of aryl methyl sites for hydroxylation is 1. The number of carbonyl (C=O) groups is 1. The number of piperidine rings is 2. The number of fused-ring (bicyclic) bond motifs is 2. The Morgan fingerprint density at radius 3 is 2.63 bits per heavy atom. The van der Waals surface area contributed by atoms with Crippen LogP contribution in [0.15, 0.2) is 17.1 Å². The van der Waals surface area contributed by atoms with Gasteiger partial charge >= 0.3 is 0 Å². The predicted molar refractivity (Wildman–Crippen MR) is 104 cm³/mol. The van der Waals surface area contributed by atoms with Crippen molar-refractivity contribution in [2.45, 2.75) is 45.3 Å². The summed E-state index contributed by atoms with van der Waals surface area (Å²) in [7, 11) is 1.77. The van der Waals surface area contributed by atoms with Gasteiger partial charge in [-0.25, -0.2) is 0 Å². The summed E-state index contributed by atoms with van der Waals surface area (Å²) in [6.07, 6.45) is 6.61. The Balaban J connectivity index is 1.55. The number of nitrogens with one attached hydrogen (secondary N) is 1. The number of pyridine rings is 1. The topological polar surface area (TPSA) is 63.6 Å². The molecule has 2 aliphatic heterocycles. The minimum Gasteiger partial charge on any atom is -0.381 e. The number of amides is 1. The molecule has 0 radical (unpaired) electrons. The molecule has 6 nitrogen and oxygen atoms in total. The van der Waals surface area contributed by atoms with Gasteiger partial charge in [-0.3, -0.25) is 9.59 Å². The van der Waals surface area contributed by atoms with Gasteiger partial charge in [0.2, 0.25) is 0 Å². The third-order valence-electron chi connectivity index (χ3n) is 6.75. The van der Waals surface area contributed by atoms with Gasteiger partial charge in [0.25, 0.3) is 11.5 Å². The Kier molecular flexibility index (Phi) is 5.37. The Bertz CT molecular complexity index is 740. The molecule has 1 aromatic rings. The highest BCUT2D eigenvalue weighted by Crippen LogP contribution is 2.38. The summed E-state index contributed by atoms with van der Waals surface area (Å²) in [6, 6.07) is 1.92. The Hall–Kier alpha value is -1.66. The van der Waals surface area contributed by atoms with Crippen LogP contribution in [0.5, 0.6) is 0 Å². The second kappa shape index (κ2) is 7.76. The van der Waals surface area contributed by atoms with Crippen molar-refractivity contribution in [1.82, 2.24) is 14.8 Å².